The van der Waals surface area contributed by atoms with Crippen molar-refractivity contribution in [1.29, 1.82) is 0 Å². The molecule has 35 heavy (non-hydrogen) atoms. The van der Waals surface area contributed by atoms with Gasteiger partial charge in [0.15, 0.2) is 5.13 Å². The number of rotatable bonds is 11. The normalized spacial score (nSPS) is 11.6. The van der Waals surface area contributed by atoms with E-state index in [1.807, 2.05) is 0 Å². The van der Waals surface area contributed by atoms with Crippen molar-refractivity contribution in [2.24, 2.45) is 0 Å². The van der Waals surface area contributed by atoms with Crippen LogP contribution in [0.2, 0.25) is 0 Å². The van der Waals surface area contributed by atoms with Gasteiger partial charge in [-0.15, -0.1) is 11.3 Å². The third kappa shape index (κ3) is 7.97. The van der Waals surface area contributed by atoms with E-state index in [0.717, 1.165) is 23.5 Å². The van der Waals surface area contributed by atoms with Crippen LogP contribution < -0.4 is 14.8 Å². The number of nitrogens with zero attached hydrogens (tertiary/aromatic N) is 2. The van der Waals surface area contributed by atoms with Crippen molar-refractivity contribution in [3.05, 3.63) is 58.6 Å². The Kier molecular flexibility index (Phi) is 9.04. The molecular formula is C23H23F2N3O6S. The lowest BCUT2D eigenvalue weighted by molar-refractivity contribution is -0.142. The molecule has 0 aliphatic rings. The lowest BCUT2D eigenvalue weighted by atomic mass is 10.2. The van der Waals surface area contributed by atoms with Crippen molar-refractivity contribution in [3.63, 3.8) is 0 Å². The number of carbonyl (C=O) groups excluding carboxylic acids is 2. The number of amides is 1. The fourth-order valence-corrected chi connectivity index (χ4v) is 3.59. The predicted molar refractivity (Wildman–Crippen MR) is 123 cm³/mol. The van der Waals surface area contributed by atoms with Crippen LogP contribution in [-0.4, -0.2) is 48.3 Å². The van der Waals surface area contributed by atoms with Crippen LogP contribution in [0.25, 0.3) is 0 Å². The maximum Gasteiger partial charge on any atom is 0.311 e. The van der Waals surface area contributed by atoms with E-state index in [9.17, 15) is 18.4 Å². The Bertz CT molecular complexity index is 1170. The van der Waals surface area contributed by atoms with Crippen molar-refractivity contribution in [1.82, 2.24) is 9.97 Å². The Labute approximate surface area is 204 Å². The number of methoxy groups -OCH3 is 1. The molecule has 2 heterocycles. The lowest BCUT2D eigenvalue weighted by Crippen LogP contribution is -2.19. The van der Waals surface area contributed by atoms with Crippen LogP contribution in [0, 0.1) is 11.6 Å². The molecule has 0 aliphatic carbocycles. The van der Waals surface area contributed by atoms with Gasteiger partial charge >= 0.3 is 5.97 Å². The van der Waals surface area contributed by atoms with Crippen LogP contribution in [0.15, 0.2) is 35.7 Å². The third-order valence-corrected chi connectivity index (χ3v) is 5.03. The maximum absolute atomic E-state index is 13.6. The van der Waals surface area contributed by atoms with Gasteiger partial charge < -0.3 is 18.9 Å². The fraction of sp³-hybridized carbons (Fsp3) is 0.304. The number of thiazole rings is 1. The number of pyridine rings is 1. The minimum Gasteiger partial charge on any atom is -0.472 e. The van der Waals surface area contributed by atoms with E-state index in [1.165, 1.54) is 19.2 Å². The zero-order valence-corrected chi connectivity index (χ0v) is 20.0. The summed E-state index contributed by atoms with van der Waals surface area (Å²) in [6.45, 7) is 3.96. The van der Waals surface area contributed by atoms with Gasteiger partial charge in [0.05, 0.1) is 30.9 Å². The summed E-state index contributed by atoms with van der Waals surface area (Å²) in [5.74, 6) is -2.88. The first-order chi connectivity index (χ1) is 16.7. The highest BCUT2D eigenvalue weighted by Crippen LogP contribution is 2.27. The Hall–Kier alpha value is -3.64. The molecule has 1 atom stereocenters. The van der Waals surface area contributed by atoms with Gasteiger partial charge in [-0.25, -0.2) is 13.8 Å². The molecular weight excluding hydrogens is 484 g/mol. The SMILES string of the molecule is CCOC(=O)Cc1csc(NC(=O)c2cc(Oc3cc(F)cc(F)c3)nc(O[C@H](C)COC)c2)n1. The molecule has 1 N–H and O–H groups in total. The third-order valence-electron chi connectivity index (χ3n) is 4.23. The summed E-state index contributed by atoms with van der Waals surface area (Å²) in [4.78, 5) is 32.9. The Morgan fingerprint density at radius 2 is 1.80 bits per heavy atom. The van der Waals surface area contributed by atoms with Gasteiger partial charge in [-0.05, 0) is 13.8 Å². The summed E-state index contributed by atoms with van der Waals surface area (Å²) < 4.78 is 48.2. The van der Waals surface area contributed by atoms with Gasteiger partial charge in [-0.1, -0.05) is 0 Å². The first-order valence-corrected chi connectivity index (χ1v) is 11.4. The molecule has 1 amide bonds. The van der Waals surface area contributed by atoms with E-state index in [-0.39, 0.29) is 47.8 Å². The number of carbonyl (C=O) groups is 2. The van der Waals surface area contributed by atoms with Crippen LogP contribution in [0.4, 0.5) is 13.9 Å². The van der Waals surface area contributed by atoms with Crippen molar-refractivity contribution in [2.45, 2.75) is 26.4 Å². The zero-order chi connectivity index (χ0) is 25.4. The van der Waals surface area contributed by atoms with Crippen LogP contribution in [0.5, 0.6) is 17.5 Å². The summed E-state index contributed by atoms with van der Waals surface area (Å²) in [6.07, 6.45) is -0.429. The number of halogens is 2. The molecule has 0 bridgehead atoms. The lowest BCUT2D eigenvalue weighted by Gasteiger charge is -2.15. The van der Waals surface area contributed by atoms with Gasteiger partial charge in [-0.2, -0.15) is 4.98 Å². The second-order valence-electron chi connectivity index (χ2n) is 7.20. The standard InChI is InChI=1S/C23H23F2N3O6S/c1-4-32-21(29)10-17-12-35-23(26-17)28-22(30)14-5-19(33-13(2)11-31-3)27-20(6-14)34-18-8-15(24)7-16(25)9-18/h5-9,12-13H,4,10-11H2,1-3H3,(H,26,28,30)/t13-/m1/s1. The molecule has 0 unspecified atom stereocenters. The van der Waals surface area contributed by atoms with Gasteiger partial charge in [0, 0.05) is 42.8 Å². The highest BCUT2D eigenvalue weighted by Gasteiger charge is 2.17. The first-order valence-electron chi connectivity index (χ1n) is 10.5. The smallest absolute Gasteiger partial charge is 0.311 e. The van der Waals surface area contributed by atoms with Crippen LogP contribution in [0.3, 0.4) is 0 Å². The number of anilines is 1. The number of hydrogen-bond donors (Lipinski definition) is 1. The second kappa shape index (κ2) is 12.2. The molecule has 0 saturated heterocycles. The molecule has 0 radical (unpaired) electrons. The number of benzene rings is 1. The molecule has 3 rings (SSSR count). The average Bonchev–Trinajstić information content (AvgIpc) is 3.19. The molecule has 0 saturated carbocycles. The number of nitrogens with one attached hydrogen (secondary N) is 1. The van der Waals surface area contributed by atoms with E-state index in [1.54, 1.807) is 19.2 Å². The van der Waals surface area contributed by atoms with E-state index in [0.29, 0.717) is 11.8 Å². The molecule has 1 aromatic carbocycles. The predicted octanol–water partition coefficient (Wildman–Crippen LogP) is 4.38. The monoisotopic (exact) mass is 507 g/mol. The first kappa shape index (κ1) is 26.0. The number of hydrogen-bond acceptors (Lipinski definition) is 9. The number of esters is 1. The minimum absolute atomic E-state index is 0.0208. The van der Waals surface area contributed by atoms with Gasteiger partial charge in [0.25, 0.3) is 5.91 Å². The molecule has 0 aliphatic heterocycles. The molecule has 0 fully saturated rings. The molecule has 12 heteroatoms. The Morgan fingerprint density at radius 1 is 1.09 bits per heavy atom. The van der Waals surface area contributed by atoms with Crippen molar-refractivity contribution >= 4 is 28.3 Å². The van der Waals surface area contributed by atoms with Crippen molar-refractivity contribution in [3.8, 4) is 17.5 Å². The van der Waals surface area contributed by atoms with E-state index in [2.05, 4.69) is 15.3 Å². The van der Waals surface area contributed by atoms with E-state index in [4.69, 9.17) is 18.9 Å². The summed E-state index contributed by atoms with van der Waals surface area (Å²) in [5.41, 5.74) is 0.543. The highest BCUT2D eigenvalue weighted by molar-refractivity contribution is 7.14. The van der Waals surface area contributed by atoms with Crippen LogP contribution in [-0.2, 0) is 20.7 Å². The topological polar surface area (TPSA) is 109 Å². The van der Waals surface area contributed by atoms with Crippen molar-refractivity contribution in [2.75, 3.05) is 25.6 Å². The molecule has 2 aromatic heterocycles. The summed E-state index contributed by atoms with van der Waals surface area (Å²) in [7, 11) is 1.51. The van der Waals surface area contributed by atoms with E-state index >= 15 is 0 Å². The fourth-order valence-electron chi connectivity index (χ4n) is 2.88. The second-order valence-corrected chi connectivity index (χ2v) is 8.06. The largest absolute Gasteiger partial charge is 0.472 e. The number of ether oxygens (including phenoxy) is 4. The number of aromatic nitrogens is 2. The summed E-state index contributed by atoms with van der Waals surface area (Å²) in [5, 5.41) is 4.52. The van der Waals surface area contributed by atoms with Crippen LogP contribution >= 0.6 is 11.3 Å². The molecule has 0 spiro atoms. The van der Waals surface area contributed by atoms with Gasteiger partial charge in [0.1, 0.15) is 23.5 Å². The molecule has 186 valence electrons. The van der Waals surface area contributed by atoms with E-state index < -0.39 is 29.6 Å². The Morgan fingerprint density at radius 3 is 2.49 bits per heavy atom. The Balaban J connectivity index is 1.82. The van der Waals surface area contributed by atoms with Gasteiger partial charge in [-0.3, -0.25) is 14.9 Å². The van der Waals surface area contributed by atoms with Crippen LogP contribution in [0.1, 0.15) is 29.9 Å². The summed E-state index contributed by atoms with van der Waals surface area (Å²) >= 11 is 1.14. The molecule has 3 aromatic rings. The highest BCUT2D eigenvalue weighted by atomic mass is 32.1. The molecule has 9 nitrogen and oxygen atoms in total. The summed E-state index contributed by atoms with van der Waals surface area (Å²) in [6, 6.07) is 5.33. The average molecular weight is 508 g/mol. The quantitative estimate of drug-likeness (QED) is 0.381. The van der Waals surface area contributed by atoms with Crippen molar-refractivity contribution < 1.29 is 37.3 Å². The zero-order valence-electron chi connectivity index (χ0n) is 19.2. The minimum atomic E-state index is -0.832. The maximum atomic E-state index is 13.6. The van der Waals surface area contributed by atoms with Gasteiger partial charge in [0.2, 0.25) is 11.8 Å².